The fourth-order valence-electron chi connectivity index (χ4n) is 1.82. The summed E-state index contributed by atoms with van der Waals surface area (Å²) < 4.78 is 37.2. The normalized spacial score (nSPS) is 11.4. The molecule has 7 heteroatoms. The quantitative estimate of drug-likeness (QED) is 0.746. The minimum atomic E-state index is -3.66. The van der Waals surface area contributed by atoms with Crippen LogP contribution in [-0.2, 0) is 10.0 Å². The Labute approximate surface area is 130 Å². The molecule has 2 aromatic rings. The first-order valence-corrected chi connectivity index (χ1v) is 8.66. The Morgan fingerprint density at radius 2 is 1.77 bits per heavy atom. The monoisotopic (exact) mass is 324 g/mol. The Hall–Kier alpha value is -2.02. The number of benzene rings is 1. The van der Waals surface area contributed by atoms with Gasteiger partial charge < -0.3 is 9.47 Å². The van der Waals surface area contributed by atoms with Gasteiger partial charge in [0.1, 0.15) is 6.33 Å². The average Bonchev–Trinajstić information content (AvgIpc) is 3.06. The van der Waals surface area contributed by atoms with Gasteiger partial charge in [0.25, 0.3) is 10.0 Å². The maximum absolute atomic E-state index is 12.5. The standard InChI is InChI=1S/C15H20N2O4S/c1-3-9-20-14-6-5-13(11-15(14)21-10-4-2)22(18,19)17-8-7-16-12-17/h5-8,11-12H,3-4,9-10H2,1-2H3. The molecule has 1 aromatic heterocycles. The number of hydrogen-bond acceptors (Lipinski definition) is 5. The molecule has 1 aromatic carbocycles. The lowest BCUT2D eigenvalue weighted by Gasteiger charge is -2.14. The topological polar surface area (TPSA) is 70.4 Å². The third-order valence-electron chi connectivity index (χ3n) is 2.89. The van der Waals surface area contributed by atoms with Gasteiger partial charge >= 0.3 is 0 Å². The summed E-state index contributed by atoms with van der Waals surface area (Å²) in [4.78, 5) is 3.91. The molecule has 0 bridgehead atoms. The first kappa shape index (κ1) is 16.4. The van der Waals surface area contributed by atoms with E-state index in [4.69, 9.17) is 9.47 Å². The molecule has 0 aliphatic rings. The number of rotatable bonds is 8. The molecule has 6 nitrogen and oxygen atoms in total. The molecule has 120 valence electrons. The molecular formula is C15H20N2O4S. The Balaban J connectivity index is 2.37. The van der Waals surface area contributed by atoms with Crippen molar-refractivity contribution >= 4 is 10.0 Å². The largest absolute Gasteiger partial charge is 0.490 e. The van der Waals surface area contributed by atoms with Crippen molar-refractivity contribution in [1.82, 2.24) is 8.96 Å². The van der Waals surface area contributed by atoms with Gasteiger partial charge in [0.15, 0.2) is 11.5 Å². The van der Waals surface area contributed by atoms with E-state index < -0.39 is 10.0 Å². The molecule has 0 saturated heterocycles. The van der Waals surface area contributed by atoms with Gasteiger partial charge in [-0.25, -0.2) is 17.4 Å². The van der Waals surface area contributed by atoms with Crippen LogP contribution in [0.2, 0.25) is 0 Å². The number of imidazole rings is 1. The molecule has 2 rings (SSSR count). The summed E-state index contributed by atoms with van der Waals surface area (Å²) in [6.07, 6.45) is 5.76. The molecule has 1 heterocycles. The minimum Gasteiger partial charge on any atom is -0.490 e. The van der Waals surface area contributed by atoms with Crippen molar-refractivity contribution < 1.29 is 17.9 Å². The molecule has 22 heavy (non-hydrogen) atoms. The van der Waals surface area contributed by atoms with Crippen molar-refractivity contribution in [3.8, 4) is 11.5 Å². The summed E-state index contributed by atoms with van der Waals surface area (Å²) in [6, 6.07) is 4.64. The summed E-state index contributed by atoms with van der Waals surface area (Å²) in [7, 11) is -3.66. The SMILES string of the molecule is CCCOc1ccc(S(=O)(=O)n2ccnc2)cc1OCCC. The molecule has 0 unspecified atom stereocenters. The molecule has 0 radical (unpaired) electrons. The predicted octanol–water partition coefficient (Wildman–Crippen LogP) is 2.70. The van der Waals surface area contributed by atoms with Crippen molar-refractivity contribution in [3.05, 3.63) is 36.9 Å². The fraction of sp³-hybridized carbons (Fsp3) is 0.400. The van der Waals surface area contributed by atoms with Crippen LogP contribution in [0.1, 0.15) is 26.7 Å². The molecule has 0 saturated carbocycles. The van der Waals surface area contributed by atoms with Gasteiger partial charge in [0.2, 0.25) is 0 Å². The van der Waals surface area contributed by atoms with E-state index in [0.29, 0.717) is 24.7 Å². The number of ether oxygens (including phenoxy) is 2. The van der Waals surface area contributed by atoms with Gasteiger partial charge in [-0.2, -0.15) is 0 Å². The zero-order chi connectivity index (χ0) is 16.0. The van der Waals surface area contributed by atoms with Crippen molar-refractivity contribution in [1.29, 1.82) is 0 Å². The summed E-state index contributed by atoms with van der Waals surface area (Å²) in [5.41, 5.74) is 0. The average molecular weight is 324 g/mol. The highest BCUT2D eigenvalue weighted by molar-refractivity contribution is 7.90. The van der Waals surface area contributed by atoms with Crippen LogP contribution in [0.4, 0.5) is 0 Å². The van der Waals surface area contributed by atoms with Crippen LogP contribution >= 0.6 is 0 Å². The van der Waals surface area contributed by atoms with Crippen LogP contribution < -0.4 is 9.47 Å². The molecule has 0 spiro atoms. The zero-order valence-electron chi connectivity index (χ0n) is 12.7. The fourth-order valence-corrected chi connectivity index (χ4v) is 2.95. The van der Waals surface area contributed by atoms with Gasteiger partial charge in [-0.1, -0.05) is 13.8 Å². The van der Waals surface area contributed by atoms with E-state index in [0.717, 1.165) is 16.8 Å². The number of nitrogens with zero attached hydrogens (tertiary/aromatic N) is 2. The number of aromatic nitrogens is 2. The van der Waals surface area contributed by atoms with Crippen LogP contribution in [0.3, 0.4) is 0 Å². The molecular weight excluding hydrogens is 304 g/mol. The van der Waals surface area contributed by atoms with Crippen LogP contribution in [0, 0.1) is 0 Å². The van der Waals surface area contributed by atoms with Gasteiger partial charge in [0.05, 0.1) is 18.1 Å². The maximum atomic E-state index is 12.5. The Kier molecular flexibility index (Phi) is 5.43. The Morgan fingerprint density at radius 3 is 2.36 bits per heavy atom. The van der Waals surface area contributed by atoms with E-state index in [-0.39, 0.29) is 4.90 Å². The van der Waals surface area contributed by atoms with Gasteiger partial charge in [-0.15, -0.1) is 0 Å². The van der Waals surface area contributed by atoms with Gasteiger partial charge in [-0.05, 0) is 25.0 Å². The number of hydrogen-bond donors (Lipinski definition) is 0. The third-order valence-corrected chi connectivity index (χ3v) is 4.51. The van der Waals surface area contributed by atoms with Crippen molar-refractivity contribution in [2.75, 3.05) is 13.2 Å². The maximum Gasteiger partial charge on any atom is 0.269 e. The smallest absolute Gasteiger partial charge is 0.269 e. The van der Waals surface area contributed by atoms with E-state index in [1.54, 1.807) is 6.07 Å². The second kappa shape index (κ2) is 7.31. The van der Waals surface area contributed by atoms with Crippen molar-refractivity contribution in [2.24, 2.45) is 0 Å². The van der Waals surface area contributed by atoms with Crippen molar-refractivity contribution in [2.45, 2.75) is 31.6 Å². The van der Waals surface area contributed by atoms with Gasteiger partial charge in [-0.3, -0.25) is 0 Å². The predicted molar refractivity (Wildman–Crippen MR) is 82.8 cm³/mol. The minimum absolute atomic E-state index is 0.139. The summed E-state index contributed by atoms with van der Waals surface area (Å²) in [5.74, 6) is 0.997. The molecule has 0 aliphatic heterocycles. The highest BCUT2D eigenvalue weighted by Crippen LogP contribution is 2.31. The zero-order valence-corrected chi connectivity index (χ0v) is 13.5. The van der Waals surface area contributed by atoms with Crippen LogP contribution in [0.15, 0.2) is 41.8 Å². The summed E-state index contributed by atoms with van der Waals surface area (Å²) in [6.45, 7) is 5.04. The van der Waals surface area contributed by atoms with E-state index >= 15 is 0 Å². The summed E-state index contributed by atoms with van der Waals surface area (Å²) in [5, 5.41) is 0. The molecule has 0 atom stereocenters. The molecule has 0 amide bonds. The first-order valence-electron chi connectivity index (χ1n) is 7.22. The highest BCUT2D eigenvalue weighted by Gasteiger charge is 2.19. The highest BCUT2D eigenvalue weighted by atomic mass is 32.2. The Bertz CT molecular complexity index is 696. The Morgan fingerprint density at radius 1 is 1.09 bits per heavy atom. The molecule has 0 N–H and O–H groups in total. The molecule has 0 fully saturated rings. The third kappa shape index (κ3) is 3.59. The van der Waals surface area contributed by atoms with E-state index in [9.17, 15) is 8.42 Å². The van der Waals surface area contributed by atoms with E-state index in [2.05, 4.69) is 4.98 Å². The lowest BCUT2D eigenvalue weighted by Crippen LogP contribution is -2.11. The van der Waals surface area contributed by atoms with Crippen LogP contribution in [0.5, 0.6) is 11.5 Å². The first-order chi connectivity index (χ1) is 10.6. The lowest BCUT2D eigenvalue weighted by molar-refractivity contribution is 0.267. The summed E-state index contributed by atoms with van der Waals surface area (Å²) >= 11 is 0. The van der Waals surface area contributed by atoms with E-state index in [1.807, 2.05) is 13.8 Å². The van der Waals surface area contributed by atoms with Crippen LogP contribution in [0.25, 0.3) is 0 Å². The second-order valence-corrected chi connectivity index (χ2v) is 6.55. The van der Waals surface area contributed by atoms with Gasteiger partial charge in [0, 0.05) is 18.5 Å². The van der Waals surface area contributed by atoms with Crippen LogP contribution in [-0.4, -0.2) is 30.6 Å². The van der Waals surface area contributed by atoms with Crippen molar-refractivity contribution in [3.63, 3.8) is 0 Å². The second-order valence-electron chi connectivity index (χ2n) is 4.70. The lowest BCUT2D eigenvalue weighted by atomic mass is 10.3. The molecule has 0 aliphatic carbocycles. The van der Waals surface area contributed by atoms with E-state index in [1.165, 1.54) is 30.9 Å².